The number of nitrogens with two attached hydrogens (primary N) is 1. The summed E-state index contributed by atoms with van der Waals surface area (Å²) >= 11 is 0. The molecular weight excluding hydrogens is 190 g/mol. The summed E-state index contributed by atoms with van der Waals surface area (Å²) in [5.74, 6) is 0.921. The maximum Gasteiger partial charge on any atom is 0.219 e. The summed E-state index contributed by atoms with van der Waals surface area (Å²) < 4.78 is 0. The zero-order chi connectivity index (χ0) is 10.9. The van der Waals surface area contributed by atoms with E-state index in [0.29, 0.717) is 6.42 Å². The van der Waals surface area contributed by atoms with Gasteiger partial charge in [0.1, 0.15) is 0 Å². The van der Waals surface area contributed by atoms with Gasteiger partial charge in [0.25, 0.3) is 0 Å². The zero-order valence-corrected chi connectivity index (χ0v) is 9.46. The minimum atomic E-state index is 0.118. The van der Waals surface area contributed by atoms with E-state index in [-0.39, 0.29) is 11.4 Å². The minimum Gasteiger partial charge on any atom is -0.359 e. The average molecular weight is 211 g/mol. The molecule has 15 heavy (non-hydrogen) atoms. The Hall–Kier alpha value is -0.610. The molecule has 0 atom stereocenters. The lowest BCUT2D eigenvalue weighted by Gasteiger charge is -2.48. The molecular formula is C11H21N3O. The summed E-state index contributed by atoms with van der Waals surface area (Å²) in [6.45, 7) is 3.08. The number of rotatable bonds is 5. The van der Waals surface area contributed by atoms with Crippen LogP contribution in [0.3, 0.4) is 0 Å². The Morgan fingerprint density at radius 3 is 2.73 bits per heavy atom. The summed E-state index contributed by atoms with van der Waals surface area (Å²) in [4.78, 5) is 13.4. The van der Waals surface area contributed by atoms with Gasteiger partial charge >= 0.3 is 0 Å². The minimum absolute atomic E-state index is 0.118. The second-order valence-electron chi connectivity index (χ2n) is 4.99. The highest BCUT2D eigenvalue weighted by molar-refractivity contribution is 5.75. The van der Waals surface area contributed by atoms with Gasteiger partial charge in [-0.1, -0.05) is 0 Å². The van der Waals surface area contributed by atoms with Gasteiger partial charge in [0.2, 0.25) is 5.91 Å². The van der Waals surface area contributed by atoms with Gasteiger partial charge in [0.05, 0.1) is 0 Å². The molecule has 2 fully saturated rings. The van der Waals surface area contributed by atoms with Crippen LogP contribution in [0.4, 0.5) is 0 Å². The van der Waals surface area contributed by atoms with Crippen LogP contribution in [0.1, 0.15) is 25.7 Å². The highest BCUT2D eigenvalue weighted by atomic mass is 16.1. The standard InChI is InChI=1S/C11H21N3O/c1-13-10(15)3-2-6-14-7-11(12,8-14)9-4-5-9/h9H,2-8,12H2,1H3,(H,13,15). The molecule has 2 rings (SSSR count). The summed E-state index contributed by atoms with van der Waals surface area (Å²) in [7, 11) is 1.68. The van der Waals surface area contributed by atoms with Gasteiger partial charge in [0.15, 0.2) is 0 Å². The van der Waals surface area contributed by atoms with E-state index in [2.05, 4.69) is 10.2 Å². The second kappa shape index (κ2) is 4.10. The molecule has 0 aromatic rings. The molecule has 0 radical (unpaired) electrons. The van der Waals surface area contributed by atoms with Crippen LogP contribution in [0.25, 0.3) is 0 Å². The molecule has 4 heteroatoms. The van der Waals surface area contributed by atoms with Gasteiger partial charge in [-0.2, -0.15) is 0 Å². The van der Waals surface area contributed by atoms with Crippen molar-refractivity contribution in [2.75, 3.05) is 26.7 Å². The number of hydrogen-bond acceptors (Lipinski definition) is 3. The lowest BCUT2D eigenvalue weighted by Crippen LogP contribution is -2.68. The van der Waals surface area contributed by atoms with Crippen molar-refractivity contribution in [2.24, 2.45) is 11.7 Å². The number of likely N-dealkylation sites (tertiary alicyclic amines) is 1. The molecule has 0 unspecified atom stereocenters. The molecule has 2 aliphatic rings. The van der Waals surface area contributed by atoms with Gasteiger partial charge in [0, 0.05) is 32.1 Å². The first kappa shape index (κ1) is 10.9. The Morgan fingerprint density at radius 1 is 1.53 bits per heavy atom. The van der Waals surface area contributed by atoms with E-state index < -0.39 is 0 Å². The zero-order valence-electron chi connectivity index (χ0n) is 9.46. The molecule has 1 saturated heterocycles. The SMILES string of the molecule is CNC(=O)CCCN1CC(N)(C2CC2)C1. The molecule has 86 valence electrons. The third-order valence-corrected chi connectivity index (χ3v) is 3.58. The summed E-state index contributed by atoms with van der Waals surface area (Å²) in [5, 5.41) is 2.64. The Labute approximate surface area is 91.2 Å². The van der Waals surface area contributed by atoms with Gasteiger partial charge < -0.3 is 11.1 Å². The number of nitrogens with zero attached hydrogens (tertiary/aromatic N) is 1. The van der Waals surface area contributed by atoms with Gasteiger partial charge in [-0.25, -0.2) is 0 Å². The summed E-state index contributed by atoms with van der Waals surface area (Å²) in [5.41, 5.74) is 6.35. The van der Waals surface area contributed by atoms with Gasteiger partial charge in [-0.3, -0.25) is 9.69 Å². The van der Waals surface area contributed by atoms with Crippen LogP contribution >= 0.6 is 0 Å². The molecule has 0 aromatic heterocycles. The van der Waals surface area contributed by atoms with Crippen molar-refractivity contribution < 1.29 is 4.79 Å². The molecule has 1 aliphatic carbocycles. The van der Waals surface area contributed by atoms with Crippen molar-refractivity contribution in [3.05, 3.63) is 0 Å². The molecule has 1 heterocycles. The van der Waals surface area contributed by atoms with Crippen LogP contribution in [-0.2, 0) is 4.79 Å². The monoisotopic (exact) mass is 211 g/mol. The van der Waals surface area contributed by atoms with E-state index in [9.17, 15) is 4.79 Å². The van der Waals surface area contributed by atoms with Gasteiger partial charge in [-0.15, -0.1) is 0 Å². The predicted octanol–water partition coefficient (Wildman–Crippen LogP) is -0.0643. The summed E-state index contributed by atoms with van der Waals surface area (Å²) in [6, 6.07) is 0. The highest BCUT2D eigenvalue weighted by Gasteiger charge is 2.49. The van der Waals surface area contributed by atoms with E-state index in [4.69, 9.17) is 5.73 Å². The number of nitrogens with one attached hydrogen (secondary N) is 1. The van der Waals surface area contributed by atoms with Crippen molar-refractivity contribution in [2.45, 2.75) is 31.2 Å². The van der Waals surface area contributed by atoms with Crippen LogP contribution in [0.15, 0.2) is 0 Å². The largest absolute Gasteiger partial charge is 0.359 e. The lowest BCUT2D eigenvalue weighted by atomic mass is 9.85. The van der Waals surface area contributed by atoms with E-state index in [1.807, 2.05) is 0 Å². The molecule has 1 amide bonds. The van der Waals surface area contributed by atoms with Gasteiger partial charge in [-0.05, 0) is 31.7 Å². The quantitative estimate of drug-likeness (QED) is 0.669. The summed E-state index contributed by atoms with van der Waals surface area (Å²) in [6.07, 6.45) is 4.22. The van der Waals surface area contributed by atoms with Crippen LogP contribution in [0.2, 0.25) is 0 Å². The van der Waals surface area contributed by atoms with E-state index in [0.717, 1.165) is 32.0 Å². The van der Waals surface area contributed by atoms with E-state index in [1.54, 1.807) is 7.05 Å². The van der Waals surface area contributed by atoms with Crippen LogP contribution in [0.5, 0.6) is 0 Å². The van der Waals surface area contributed by atoms with Crippen molar-refractivity contribution in [1.82, 2.24) is 10.2 Å². The fourth-order valence-electron chi connectivity index (χ4n) is 2.45. The molecule has 1 aliphatic heterocycles. The fraction of sp³-hybridized carbons (Fsp3) is 0.909. The third-order valence-electron chi connectivity index (χ3n) is 3.58. The van der Waals surface area contributed by atoms with Crippen molar-refractivity contribution in [1.29, 1.82) is 0 Å². The number of amides is 1. The fourth-order valence-corrected chi connectivity index (χ4v) is 2.45. The first-order chi connectivity index (χ1) is 7.14. The van der Waals surface area contributed by atoms with E-state index >= 15 is 0 Å². The van der Waals surface area contributed by atoms with E-state index in [1.165, 1.54) is 12.8 Å². The van der Waals surface area contributed by atoms with Crippen LogP contribution in [0, 0.1) is 5.92 Å². The maximum atomic E-state index is 11.0. The molecule has 0 bridgehead atoms. The molecule has 4 nitrogen and oxygen atoms in total. The Kier molecular flexibility index (Phi) is 2.98. The molecule has 0 spiro atoms. The molecule has 0 aromatic carbocycles. The smallest absolute Gasteiger partial charge is 0.219 e. The normalized spacial score (nSPS) is 24.7. The Bertz CT molecular complexity index is 244. The lowest BCUT2D eigenvalue weighted by molar-refractivity contribution is -0.120. The number of carbonyl (C=O) groups is 1. The topological polar surface area (TPSA) is 58.4 Å². The third kappa shape index (κ3) is 2.49. The second-order valence-corrected chi connectivity index (χ2v) is 4.99. The van der Waals surface area contributed by atoms with Crippen molar-refractivity contribution in [3.8, 4) is 0 Å². The van der Waals surface area contributed by atoms with Crippen molar-refractivity contribution in [3.63, 3.8) is 0 Å². The average Bonchev–Trinajstić information content (AvgIpc) is 2.97. The highest BCUT2D eigenvalue weighted by Crippen LogP contribution is 2.42. The van der Waals surface area contributed by atoms with Crippen molar-refractivity contribution >= 4 is 5.91 Å². The first-order valence-corrected chi connectivity index (χ1v) is 5.86. The molecule has 1 saturated carbocycles. The number of hydrogen-bond donors (Lipinski definition) is 2. The first-order valence-electron chi connectivity index (χ1n) is 5.86. The Balaban J connectivity index is 1.57. The molecule has 3 N–H and O–H groups in total. The maximum absolute atomic E-state index is 11.0. The predicted molar refractivity (Wildman–Crippen MR) is 59.4 cm³/mol. The number of carbonyl (C=O) groups excluding carboxylic acids is 1. The Morgan fingerprint density at radius 2 is 2.20 bits per heavy atom. The van der Waals surface area contributed by atoms with Crippen LogP contribution < -0.4 is 11.1 Å². The van der Waals surface area contributed by atoms with Crippen LogP contribution in [-0.4, -0.2) is 43.0 Å².